The third-order valence-electron chi connectivity index (χ3n) is 3.11. The predicted molar refractivity (Wildman–Crippen MR) is 77.0 cm³/mol. The maximum atomic E-state index is 11.9. The molecule has 0 spiro atoms. The number of nitrogens with one attached hydrogen (secondary N) is 1. The van der Waals surface area contributed by atoms with E-state index in [1.54, 1.807) is 24.3 Å². The number of carbonyl (C=O) groups excluding carboxylic acids is 1. The SMILES string of the molecule is O=C(NCCCCCCO)c1ccc(-n2cnnn2)cc1. The normalized spacial score (nSPS) is 10.5. The van der Waals surface area contributed by atoms with E-state index in [4.69, 9.17) is 5.11 Å². The number of amides is 1. The lowest BCUT2D eigenvalue weighted by Crippen LogP contribution is -2.24. The van der Waals surface area contributed by atoms with E-state index >= 15 is 0 Å². The van der Waals surface area contributed by atoms with E-state index in [9.17, 15) is 4.79 Å². The Bertz CT molecular complexity index is 539. The van der Waals surface area contributed by atoms with E-state index in [0.717, 1.165) is 31.4 Å². The van der Waals surface area contributed by atoms with Crippen LogP contribution in [0.25, 0.3) is 5.69 Å². The number of tetrazole rings is 1. The minimum Gasteiger partial charge on any atom is -0.396 e. The van der Waals surface area contributed by atoms with Crippen molar-refractivity contribution in [3.8, 4) is 5.69 Å². The molecule has 0 aliphatic rings. The average molecular weight is 289 g/mol. The Morgan fingerprint density at radius 2 is 1.90 bits per heavy atom. The maximum Gasteiger partial charge on any atom is 0.251 e. The standard InChI is InChI=1S/C14H19N5O2/c20-10-4-2-1-3-9-15-14(21)12-5-7-13(8-6-12)19-11-16-17-18-19/h5-8,11,20H,1-4,9-10H2,(H,15,21). The first-order valence-corrected chi connectivity index (χ1v) is 7.04. The van der Waals surface area contributed by atoms with Gasteiger partial charge in [0.05, 0.1) is 5.69 Å². The lowest BCUT2D eigenvalue weighted by molar-refractivity contribution is 0.0953. The van der Waals surface area contributed by atoms with Gasteiger partial charge in [0.15, 0.2) is 0 Å². The summed E-state index contributed by atoms with van der Waals surface area (Å²) in [6.07, 6.45) is 5.26. The molecular formula is C14H19N5O2. The summed E-state index contributed by atoms with van der Waals surface area (Å²) in [7, 11) is 0. The molecule has 7 heteroatoms. The van der Waals surface area contributed by atoms with E-state index in [1.807, 2.05) is 0 Å². The number of unbranched alkanes of at least 4 members (excludes halogenated alkanes) is 3. The van der Waals surface area contributed by atoms with Crippen molar-refractivity contribution in [1.82, 2.24) is 25.5 Å². The highest BCUT2D eigenvalue weighted by Crippen LogP contribution is 2.07. The number of aliphatic hydroxyl groups is 1. The molecule has 0 atom stereocenters. The first kappa shape index (κ1) is 15.1. The number of aliphatic hydroxyl groups excluding tert-OH is 1. The van der Waals surface area contributed by atoms with Crippen molar-refractivity contribution in [2.45, 2.75) is 25.7 Å². The van der Waals surface area contributed by atoms with Gasteiger partial charge in [-0.3, -0.25) is 4.79 Å². The molecule has 1 aromatic heterocycles. The third kappa shape index (κ3) is 4.64. The zero-order valence-electron chi connectivity index (χ0n) is 11.8. The maximum absolute atomic E-state index is 11.9. The molecular weight excluding hydrogens is 270 g/mol. The Hall–Kier alpha value is -2.28. The summed E-state index contributed by atoms with van der Waals surface area (Å²) < 4.78 is 1.53. The van der Waals surface area contributed by atoms with Crippen molar-refractivity contribution < 1.29 is 9.90 Å². The first-order valence-electron chi connectivity index (χ1n) is 7.04. The molecule has 0 fully saturated rings. The highest BCUT2D eigenvalue weighted by Gasteiger charge is 2.05. The van der Waals surface area contributed by atoms with Crippen molar-refractivity contribution in [3.05, 3.63) is 36.2 Å². The number of hydrogen-bond acceptors (Lipinski definition) is 5. The van der Waals surface area contributed by atoms with E-state index in [1.165, 1.54) is 11.0 Å². The Morgan fingerprint density at radius 1 is 1.14 bits per heavy atom. The zero-order chi connectivity index (χ0) is 14.9. The fourth-order valence-corrected chi connectivity index (χ4v) is 1.94. The zero-order valence-corrected chi connectivity index (χ0v) is 11.8. The molecule has 0 aliphatic heterocycles. The number of aromatic nitrogens is 4. The summed E-state index contributed by atoms with van der Waals surface area (Å²) in [6, 6.07) is 7.09. The number of hydrogen-bond donors (Lipinski definition) is 2. The summed E-state index contributed by atoms with van der Waals surface area (Å²) in [5.41, 5.74) is 1.42. The van der Waals surface area contributed by atoms with Crippen LogP contribution >= 0.6 is 0 Å². The van der Waals surface area contributed by atoms with Gasteiger partial charge in [0, 0.05) is 18.7 Å². The second kappa shape index (κ2) is 8.11. The molecule has 21 heavy (non-hydrogen) atoms. The molecule has 7 nitrogen and oxygen atoms in total. The topological polar surface area (TPSA) is 92.9 Å². The Balaban J connectivity index is 1.78. The number of benzene rings is 1. The van der Waals surface area contributed by atoms with Gasteiger partial charge in [-0.05, 0) is 47.5 Å². The molecule has 1 heterocycles. The predicted octanol–water partition coefficient (Wildman–Crippen LogP) is 0.945. The number of nitrogens with zero attached hydrogens (tertiary/aromatic N) is 4. The molecule has 0 saturated carbocycles. The van der Waals surface area contributed by atoms with Crippen molar-refractivity contribution in [2.75, 3.05) is 13.2 Å². The van der Waals surface area contributed by atoms with Crippen LogP contribution in [0.2, 0.25) is 0 Å². The summed E-state index contributed by atoms with van der Waals surface area (Å²) in [6.45, 7) is 0.888. The van der Waals surface area contributed by atoms with E-state index in [2.05, 4.69) is 20.8 Å². The van der Waals surface area contributed by atoms with Gasteiger partial charge >= 0.3 is 0 Å². The smallest absolute Gasteiger partial charge is 0.251 e. The van der Waals surface area contributed by atoms with Gasteiger partial charge in [0.25, 0.3) is 5.91 Å². The average Bonchev–Trinajstić information content (AvgIpc) is 3.05. The molecule has 0 saturated heterocycles. The van der Waals surface area contributed by atoms with Gasteiger partial charge in [-0.25, -0.2) is 4.68 Å². The number of carbonyl (C=O) groups is 1. The quantitative estimate of drug-likeness (QED) is 0.706. The van der Waals surface area contributed by atoms with Crippen LogP contribution in [0.15, 0.2) is 30.6 Å². The molecule has 1 aromatic carbocycles. The molecule has 1 amide bonds. The van der Waals surface area contributed by atoms with Crippen LogP contribution in [-0.4, -0.2) is 44.4 Å². The third-order valence-corrected chi connectivity index (χ3v) is 3.11. The van der Waals surface area contributed by atoms with E-state index in [-0.39, 0.29) is 12.5 Å². The highest BCUT2D eigenvalue weighted by molar-refractivity contribution is 5.94. The molecule has 2 rings (SSSR count). The number of rotatable bonds is 8. The monoisotopic (exact) mass is 289 g/mol. The fourth-order valence-electron chi connectivity index (χ4n) is 1.94. The second-order valence-electron chi connectivity index (χ2n) is 4.69. The van der Waals surface area contributed by atoms with Gasteiger partial charge in [0.2, 0.25) is 0 Å². The van der Waals surface area contributed by atoms with Gasteiger partial charge in [-0.15, -0.1) is 5.10 Å². The Kier molecular flexibility index (Phi) is 5.83. The van der Waals surface area contributed by atoms with Gasteiger partial charge in [0.1, 0.15) is 6.33 Å². The van der Waals surface area contributed by atoms with Crippen LogP contribution < -0.4 is 5.32 Å². The largest absolute Gasteiger partial charge is 0.396 e. The summed E-state index contributed by atoms with van der Waals surface area (Å²) in [5.74, 6) is -0.0829. The van der Waals surface area contributed by atoms with Crippen LogP contribution in [0.5, 0.6) is 0 Å². The van der Waals surface area contributed by atoms with Crippen LogP contribution in [0.1, 0.15) is 36.0 Å². The highest BCUT2D eigenvalue weighted by atomic mass is 16.2. The Labute approximate surface area is 123 Å². The second-order valence-corrected chi connectivity index (χ2v) is 4.69. The molecule has 0 aliphatic carbocycles. The van der Waals surface area contributed by atoms with Crippen LogP contribution in [0.3, 0.4) is 0 Å². The van der Waals surface area contributed by atoms with E-state index < -0.39 is 0 Å². The molecule has 0 radical (unpaired) electrons. The van der Waals surface area contributed by atoms with Gasteiger partial charge < -0.3 is 10.4 Å². The minimum atomic E-state index is -0.0829. The summed E-state index contributed by atoms with van der Waals surface area (Å²) >= 11 is 0. The fraction of sp³-hybridized carbons (Fsp3) is 0.429. The van der Waals surface area contributed by atoms with E-state index in [0.29, 0.717) is 12.1 Å². The van der Waals surface area contributed by atoms with Crippen LogP contribution in [0, 0.1) is 0 Å². The summed E-state index contributed by atoms with van der Waals surface area (Å²) in [5, 5.41) is 22.5. The first-order chi connectivity index (χ1) is 10.3. The van der Waals surface area contributed by atoms with Crippen LogP contribution in [0.4, 0.5) is 0 Å². The van der Waals surface area contributed by atoms with Crippen molar-refractivity contribution in [3.63, 3.8) is 0 Å². The molecule has 0 bridgehead atoms. The molecule has 112 valence electrons. The van der Waals surface area contributed by atoms with Gasteiger partial charge in [-0.2, -0.15) is 0 Å². The Morgan fingerprint density at radius 3 is 2.57 bits per heavy atom. The molecule has 2 aromatic rings. The summed E-state index contributed by atoms with van der Waals surface area (Å²) in [4.78, 5) is 11.9. The van der Waals surface area contributed by atoms with Crippen molar-refractivity contribution in [2.24, 2.45) is 0 Å². The van der Waals surface area contributed by atoms with Crippen molar-refractivity contribution >= 4 is 5.91 Å². The molecule has 0 unspecified atom stereocenters. The molecule has 2 N–H and O–H groups in total. The minimum absolute atomic E-state index is 0.0829. The van der Waals surface area contributed by atoms with Gasteiger partial charge in [-0.1, -0.05) is 12.8 Å². The lowest BCUT2D eigenvalue weighted by atomic mass is 10.1. The lowest BCUT2D eigenvalue weighted by Gasteiger charge is -2.06. The van der Waals surface area contributed by atoms with Crippen molar-refractivity contribution in [1.29, 1.82) is 0 Å². The van der Waals surface area contributed by atoms with Crippen LogP contribution in [-0.2, 0) is 0 Å².